The van der Waals surface area contributed by atoms with Crippen molar-refractivity contribution in [3.8, 4) is 0 Å². The molecule has 136 valence electrons. The minimum absolute atomic E-state index is 0.0361. The van der Waals surface area contributed by atoms with Crippen molar-refractivity contribution < 1.29 is 22.4 Å². The minimum atomic E-state index is -4.46. The first-order chi connectivity index (χ1) is 12.4. The first kappa shape index (κ1) is 17.7. The van der Waals surface area contributed by atoms with E-state index in [-0.39, 0.29) is 17.8 Å². The number of rotatable bonds is 6. The summed E-state index contributed by atoms with van der Waals surface area (Å²) in [4.78, 5) is 12.0. The van der Waals surface area contributed by atoms with Crippen LogP contribution < -0.4 is 5.32 Å². The van der Waals surface area contributed by atoms with Gasteiger partial charge in [0.2, 0.25) is 0 Å². The van der Waals surface area contributed by atoms with E-state index < -0.39 is 17.6 Å². The number of benzene rings is 1. The summed E-state index contributed by atoms with van der Waals surface area (Å²) in [6.45, 7) is 0.207. The Morgan fingerprint density at radius 2 is 2.00 bits per heavy atom. The first-order valence-electron chi connectivity index (χ1n) is 7.79. The molecule has 6 nitrogen and oxygen atoms in total. The van der Waals surface area contributed by atoms with Crippen molar-refractivity contribution in [2.75, 3.05) is 6.54 Å². The monoisotopic (exact) mass is 364 g/mol. The molecule has 0 saturated carbocycles. The third-order valence-corrected chi connectivity index (χ3v) is 3.66. The summed E-state index contributed by atoms with van der Waals surface area (Å²) in [5, 5.41) is 10.1. The molecule has 26 heavy (non-hydrogen) atoms. The maximum absolute atomic E-state index is 13.0. The molecular weight excluding hydrogens is 349 g/mol. The Balaban J connectivity index is 1.62. The van der Waals surface area contributed by atoms with E-state index in [1.54, 1.807) is 18.4 Å². The summed E-state index contributed by atoms with van der Waals surface area (Å²) in [5.74, 6) is 0.282. The molecule has 3 rings (SSSR count). The lowest BCUT2D eigenvalue weighted by atomic mass is 10.1. The van der Waals surface area contributed by atoms with E-state index in [0.29, 0.717) is 13.0 Å². The van der Waals surface area contributed by atoms with Crippen LogP contribution in [-0.4, -0.2) is 27.4 Å². The highest BCUT2D eigenvalue weighted by Gasteiger charge is 2.33. The molecule has 0 unspecified atom stereocenters. The van der Waals surface area contributed by atoms with Crippen molar-refractivity contribution in [2.24, 2.45) is 0 Å². The van der Waals surface area contributed by atoms with Crippen LogP contribution in [0, 0.1) is 0 Å². The summed E-state index contributed by atoms with van der Waals surface area (Å²) in [5.41, 5.74) is -0.649. The molecule has 0 aliphatic carbocycles. The van der Waals surface area contributed by atoms with Crippen LogP contribution in [0.5, 0.6) is 0 Å². The van der Waals surface area contributed by atoms with E-state index in [4.69, 9.17) is 4.42 Å². The van der Waals surface area contributed by atoms with Gasteiger partial charge in [0, 0.05) is 13.0 Å². The predicted molar refractivity (Wildman–Crippen MR) is 85.3 cm³/mol. The Kier molecular flexibility index (Phi) is 5.06. The van der Waals surface area contributed by atoms with Crippen LogP contribution in [-0.2, 0) is 19.1 Å². The van der Waals surface area contributed by atoms with E-state index in [1.165, 1.54) is 29.1 Å². The number of carbonyl (C=O) groups is 1. The second-order valence-electron chi connectivity index (χ2n) is 5.54. The third kappa shape index (κ3) is 4.29. The average molecular weight is 364 g/mol. The Morgan fingerprint density at radius 1 is 1.19 bits per heavy atom. The van der Waals surface area contributed by atoms with Crippen LogP contribution in [0.4, 0.5) is 13.2 Å². The molecule has 2 heterocycles. The molecule has 1 N–H and O–H groups in total. The number of hydrogen-bond donors (Lipinski definition) is 1. The smallest absolute Gasteiger partial charge is 0.416 e. The topological polar surface area (TPSA) is 73.0 Å². The molecule has 0 saturated heterocycles. The van der Waals surface area contributed by atoms with Crippen LogP contribution in [0.25, 0.3) is 0 Å². The molecule has 0 fully saturated rings. The van der Waals surface area contributed by atoms with Gasteiger partial charge in [-0.3, -0.25) is 4.79 Å². The number of aromatic nitrogens is 3. The van der Waals surface area contributed by atoms with Crippen LogP contribution >= 0.6 is 0 Å². The predicted octanol–water partition coefficient (Wildman–Crippen LogP) is 2.91. The molecule has 1 aromatic carbocycles. The van der Waals surface area contributed by atoms with Crippen LogP contribution in [0.2, 0.25) is 0 Å². The van der Waals surface area contributed by atoms with Crippen LogP contribution in [0.3, 0.4) is 0 Å². The van der Waals surface area contributed by atoms with E-state index in [0.717, 1.165) is 11.8 Å². The standard InChI is InChI=1S/C17H15F3N4O2/c18-17(19,20)14-6-2-1-4-12(14)10-24-11-15(22-23-24)16(25)21-8-7-13-5-3-9-26-13/h1-6,9,11H,7-8,10H2,(H,21,25). The highest BCUT2D eigenvalue weighted by atomic mass is 19.4. The molecule has 0 radical (unpaired) electrons. The Morgan fingerprint density at radius 3 is 2.73 bits per heavy atom. The molecule has 0 spiro atoms. The lowest BCUT2D eigenvalue weighted by Gasteiger charge is -2.12. The first-order valence-corrected chi connectivity index (χ1v) is 7.79. The Bertz CT molecular complexity index is 872. The van der Waals surface area contributed by atoms with E-state index in [1.807, 2.05) is 0 Å². The quantitative estimate of drug-likeness (QED) is 0.730. The Labute approximate surface area is 146 Å². The second-order valence-corrected chi connectivity index (χ2v) is 5.54. The fraction of sp³-hybridized carbons (Fsp3) is 0.235. The number of furan rings is 1. The van der Waals surface area contributed by atoms with Crippen molar-refractivity contribution >= 4 is 5.91 Å². The number of carbonyl (C=O) groups excluding carboxylic acids is 1. The molecule has 2 aromatic heterocycles. The van der Waals surface area contributed by atoms with E-state index in [9.17, 15) is 18.0 Å². The van der Waals surface area contributed by atoms with Gasteiger partial charge in [0.25, 0.3) is 5.91 Å². The van der Waals surface area contributed by atoms with E-state index in [2.05, 4.69) is 15.6 Å². The van der Waals surface area contributed by atoms with Gasteiger partial charge in [-0.2, -0.15) is 13.2 Å². The number of amides is 1. The van der Waals surface area contributed by atoms with Crippen molar-refractivity contribution in [3.63, 3.8) is 0 Å². The van der Waals surface area contributed by atoms with Crippen LogP contribution in [0.1, 0.15) is 27.4 Å². The van der Waals surface area contributed by atoms with Gasteiger partial charge in [0.1, 0.15) is 5.76 Å². The SMILES string of the molecule is O=C(NCCc1ccco1)c1cn(Cc2ccccc2C(F)(F)F)nn1. The number of hydrogen-bond acceptors (Lipinski definition) is 4. The zero-order valence-electron chi connectivity index (χ0n) is 13.5. The number of alkyl halides is 3. The lowest BCUT2D eigenvalue weighted by molar-refractivity contribution is -0.138. The molecule has 0 bridgehead atoms. The van der Waals surface area contributed by atoms with Gasteiger partial charge in [-0.15, -0.1) is 5.10 Å². The largest absolute Gasteiger partial charge is 0.469 e. The van der Waals surface area contributed by atoms with Gasteiger partial charge in [-0.1, -0.05) is 23.4 Å². The molecule has 0 aliphatic heterocycles. The summed E-state index contributed by atoms with van der Waals surface area (Å²) in [6, 6.07) is 8.76. The zero-order valence-corrected chi connectivity index (χ0v) is 13.5. The van der Waals surface area contributed by atoms with Crippen molar-refractivity contribution in [3.05, 3.63) is 71.4 Å². The third-order valence-electron chi connectivity index (χ3n) is 3.66. The maximum atomic E-state index is 13.0. The summed E-state index contributed by atoms with van der Waals surface area (Å²) < 4.78 is 45.4. The molecular formula is C17H15F3N4O2. The van der Waals surface area contributed by atoms with Gasteiger partial charge in [-0.05, 0) is 23.8 Å². The molecule has 3 aromatic rings. The highest BCUT2D eigenvalue weighted by Crippen LogP contribution is 2.32. The zero-order chi connectivity index (χ0) is 18.6. The number of nitrogens with one attached hydrogen (secondary N) is 1. The fourth-order valence-electron chi connectivity index (χ4n) is 2.43. The minimum Gasteiger partial charge on any atom is -0.469 e. The number of nitrogens with zero attached hydrogens (tertiary/aromatic N) is 3. The molecule has 0 atom stereocenters. The molecule has 9 heteroatoms. The van der Waals surface area contributed by atoms with Crippen LogP contribution in [0.15, 0.2) is 53.3 Å². The van der Waals surface area contributed by atoms with Gasteiger partial charge >= 0.3 is 6.18 Å². The summed E-state index contributed by atoms with van der Waals surface area (Å²) >= 11 is 0. The van der Waals surface area contributed by atoms with E-state index >= 15 is 0 Å². The van der Waals surface area contributed by atoms with Gasteiger partial charge in [0.15, 0.2) is 5.69 Å². The normalized spacial score (nSPS) is 11.5. The van der Waals surface area contributed by atoms with Crippen molar-refractivity contribution in [1.29, 1.82) is 0 Å². The maximum Gasteiger partial charge on any atom is 0.416 e. The van der Waals surface area contributed by atoms with Gasteiger partial charge in [-0.25, -0.2) is 4.68 Å². The lowest BCUT2D eigenvalue weighted by Crippen LogP contribution is -2.25. The molecule has 1 amide bonds. The van der Waals surface area contributed by atoms with Crippen molar-refractivity contribution in [2.45, 2.75) is 19.1 Å². The summed E-state index contributed by atoms with van der Waals surface area (Å²) in [6.07, 6.45) is -1.08. The van der Waals surface area contributed by atoms with Gasteiger partial charge < -0.3 is 9.73 Å². The second kappa shape index (κ2) is 7.42. The highest BCUT2D eigenvalue weighted by molar-refractivity contribution is 5.91. The Hall–Kier alpha value is -3.10. The average Bonchev–Trinajstić information content (AvgIpc) is 3.26. The number of halogens is 3. The fourth-order valence-corrected chi connectivity index (χ4v) is 2.43. The summed E-state index contributed by atoms with van der Waals surface area (Å²) in [7, 11) is 0. The van der Waals surface area contributed by atoms with Crippen molar-refractivity contribution in [1.82, 2.24) is 20.3 Å². The van der Waals surface area contributed by atoms with Gasteiger partial charge in [0.05, 0.1) is 24.6 Å². The molecule has 0 aliphatic rings.